The van der Waals surface area contributed by atoms with Crippen LogP contribution in [-0.4, -0.2) is 19.9 Å². The summed E-state index contributed by atoms with van der Waals surface area (Å²) in [4.78, 5) is 3.48. The average molecular weight is 349 g/mol. The Labute approximate surface area is 140 Å². The topological polar surface area (TPSA) is 62.0 Å². The van der Waals surface area contributed by atoms with Gasteiger partial charge in [0.05, 0.1) is 4.90 Å². The molecule has 0 saturated heterocycles. The minimum absolute atomic E-state index is 0.325. The molecule has 0 unspecified atom stereocenters. The van der Waals surface area contributed by atoms with E-state index >= 15 is 0 Å². The van der Waals surface area contributed by atoms with E-state index in [0.29, 0.717) is 22.9 Å². The third-order valence-corrected chi connectivity index (χ3v) is 5.66. The molecule has 120 valence electrons. The van der Waals surface area contributed by atoms with Crippen molar-refractivity contribution in [2.75, 3.05) is 6.54 Å². The van der Waals surface area contributed by atoms with Crippen molar-refractivity contribution in [1.29, 1.82) is 0 Å². The Kier molecular flexibility index (Phi) is 4.43. The van der Waals surface area contributed by atoms with Gasteiger partial charge in [0.15, 0.2) is 0 Å². The molecule has 0 fully saturated rings. The minimum atomic E-state index is -3.49. The highest BCUT2D eigenvalue weighted by atomic mass is 35.5. The van der Waals surface area contributed by atoms with Crippen LogP contribution in [0, 0.1) is 6.92 Å². The Morgan fingerprint density at radius 2 is 1.96 bits per heavy atom. The number of hydrogen-bond donors (Lipinski definition) is 2. The Balaban J connectivity index is 1.72. The molecular formula is C17H17ClN2O2S. The van der Waals surface area contributed by atoms with Gasteiger partial charge in [0, 0.05) is 28.7 Å². The van der Waals surface area contributed by atoms with Gasteiger partial charge in [0.1, 0.15) is 0 Å². The summed E-state index contributed by atoms with van der Waals surface area (Å²) in [6.07, 6.45) is 2.50. The van der Waals surface area contributed by atoms with E-state index in [1.165, 1.54) is 0 Å². The fraction of sp³-hybridized carbons (Fsp3) is 0.176. The summed E-state index contributed by atoms with van der Waals surface area (Å²) in [7, 11) is -3.49. The molecule has 4 nitrogen and oxygen atoms in total. The van der Waals surface area contributed by atoms with Crippen molar-refractivity contribution in [2.24, 2.45) is 0 Å². The largest absolute Gasteiger partial charge is 0.361 e. The fourth-order valence-corrected chi connectivity index (χ4v) is 4.07. The molecule has 1 aromatic heterocycles. The lowest BCUT2D eigenvalue weighted by Crippen LogP contribution is -2.26. The molecule has 0 radical (unpaired) electrons. The van der Waals surface area contributed by atoms with Crippen molar-refractivity contribution >= 4 is 32.5 Å². The van der Waals surface area contributed by atoms with Gasteiger partial charge in [-0.2, -0.15) is 0 Å². The molecule has 0 aliphatic heterocycles. The summed E-state index contributed by atoms with van der Waals surface area (Å²) >= 11 is 5.96. The highest BCUT2D eigenvalue weighted by molar-refractivity contribution is 7.89. The van der Waals surface area contributed by atoms with Crippen molar-refractivity contribution in [3.8, 4) is 0 Å². The van der Waals surface area contributed by atoms with Crippen molar-refractivity contribution in [1.82, 2.24) is 9.71 Å². The maximum atomic E-state index is 12.4. The number of aromatic amines is 1. The highest BCUT2D eigenvalue weighted by Crippen LogP contribution is 2.22. The van der Waals surface area contributed by atoms with Crippen molar-refractivity contribution in [3.05, 3.63) is 64.8 Å². The van der Waals surface area contributed by atoms with Crippen molar-refractivity contribution in [3.63, 3.8) is 0 Å². The molecule has 0 saturated carbocycles. The molecule has 0 atom stereocenters. The normalized spacial score (nSPS) is 11.9. The summed E-state index contributed by atoms with van der Waals surface area (Å²) < 4.78 is 27.4. The summed E-state index contributed by atoms with van der Waals surface area (Å²) in [5.74, 6) is 0. The number of fused-ring (bicyclic) bond motifs is 1. The lowest BCUT2D eigenvalue weighted by Gasteiger charge is -2.08. The van der Waals surface area contributed by atoms with Crippen LogP contribution in [0.25, 0.3) is 10.9 Å². The number of rotatable bonds is 5. The van der Waals surface area contributed by atoms with Gasteiger partial charge in [-0.3, -0.25) is 0 Å². The SMILES string of the molecule is Cc1ccccc1S(=O)(=O)NCCc1c[nH]c2cc(Cl)ccc12. The van der Waals surface area contributed by atoms with Gasteiger partial charge in [-0.25, -0.2) is 13.1 Å². The minimum Gasteiger partial charge on any atom is -0.361 e. The van der Waals surface area contributed by atoms with Gasteiger partial charge in [-0.1, -0.05) is 35.9 Å². The zero-order valence-corrected chi connectivity index (χ0v) is 14.2. The fourth-order valence-electron chi connectivity index (χ4n) is 2.62. The van der Waals surface area contributed by atoms with Gasteiger partial charge in [0.25, 0.3) is 0 Å². The molecule has 0 spiro atoms. The monoisotopic (exact) mass is 348 g/mol. The molecule has 3 aromatic rings. The Morgan fingerprint density at radius 1 is 1.17 bits per heavy atom. The second-order valence-electron chi connectivity index (χ2n) is 5.42. The molecule has 2 N–H and O–H groups in total. The maximum absolute atomic E-state index is 12.4. The van der Waals surface area contributed by atoms with Crippen LogP contribution in [0.15, 0.2) is 53.6 Å². The van der Waals surface area contributed by atoms with Crippen molar-refractivity contribution < 1.29 is 8.42 Å². The zero-order chi connectivity index (χ0) is 16.4. The number of nitrogens with one attached hydrogen (secondary N) is 2. The van der Waals surface area contributed by atoms with Gasteiger partial charge in [-0.15, -0.1) is 0 Å². The van der Waals surface area contributed by atoms with Crippen LogP contribution in [-0.2, 0) is 16.4 Å². The third kappa shape index (κ3) is 3.42. The second-order valence-corrected chi connectivity index (χ2v) is 7.59. The van der Waals surface area contributed by atoms with E-state index in [-0.39, 0.29) is 0 Å². The van der Waals surface area contributed by atoms with Gasteiger partial charge >= 0.3 is 0 Å². The number of halogens is 1. The van der Waals surface area contributed by atoms with Crippen LogP contribution in [0.2, 0.25) is 5.02 Å². The quantitative estimate of drug-likeness (QED) is 0.739. The smallest absolute Gasteiger partial charge is 0.240 e. The van der Waals surface area contributed by atoms with E-state index in [0.717, 1.165) is 22.0 Å². The number of hydrogen-bond acceptors (Lipinski definition) is 2. The van der Waals surface area contributed by atoms with E-state index in [1.54, 1.807) is 25.1 Å². The first-order chi connectivity index (χ1) is 11.0. The molecule has 0 aliphatic carbocycles. The molecular weight excluding hydrogens is 332 g/mol. The first kappa shape index (κ1) is 16.1. The maximum Gasteiger partial charge on any atom is 0.240 e. The van der Waals surface area contributed by atoms with Crippen LogP contribution >= 0.6 is 11.6 Å². The molecule has 6 heteroatoms. The van der Waals surface area contributed by atoms with E-state index < -0.39 is 10.0 Å². The van der Waals surface area contributed by atoms with Crippen LogP contribution in [0.4, 0.5) is 0 Å². The van der Waals surface area contributed by atoms with Crippen LogP contribution in [0.5, 0.6) is 0 Å². The van der Waals surface area contributed by atoms with E-state index in [9.17, 15) is 8.42 Å². The molecule has 23 heavy (non-hydrogen) atoms. The molecule has 0 amide bonds. The first-order valence-electron chi connectivity index (χ1n) is 7.28. The Hall–Kier alpha value is -1.82. The number of H-pyrrole nitrogens is 1. The standard InChI is InChI=1S/C17H17ClN2O2S/c1-12-4-2-3-5-17(12)23(21,22)20-9-8-13-11-19-16-10-14(18)6-7-15(13)16/h2-7,10-11,19-20H,8-9H2,1H3. The van der Waals surface area contributed by atoms with Crippen molar-refractivity contribution in [2.45, 2.75) is 18.2 Å². The highest BCUT2D eigenvalue weighted by Gasteiger charge is 2.15. The predicted octanol–water partition coefficient (Wildman–Crippen LogP) is 3.65. The van der Waals surface area contributed by atoms with E-state index in [1.807, 2.05) is 30.5 Å². The zero-order valence-electron chi connectivity index (χ0n) is 12.6. The molecule has 0 aliphatic rings. The van der Waals surface area contributed by atoms with E-state index in [4.69, 9.17) is 11.6 Å². The summed E-state index contributed by atoms with van der Waals surface area (Å²) in [6, 6.07) is 12.6. The summed E-state index contributed by atoms with van der Waals surface area (Å²) in [5.41, 5.74) is 2.75. The van der Waals surface area contributed by atoms with Crippen LogP contribution < -0.4 is 4.72 Å². The number of benzene rings is 2. The van der Waals surface area contributed by atoms with Gasteiger partial charge in [0.2, 0.25) is 10.0 Å². The lowest BCUT2D eigenvalue weighted by atomic mass is 10.1. The Bertz CT molecular complexity index is 948. The average Bonchev–Trinajstić information content (AvgIpc) is 2.89. The van der Waals surface area contributed by atoms with Gasteiger partial charge in [-0.05, 0) is 42.7 Å². The number of sulfonamides is 1. The number of aryl methyl sites for hydroxylation is 1. The molecule has 3 rings (SSSR count). The van der Waals surface area contributed by atoms with Crippen LogP contribution in [0.1, 0.15) is 11.1 Å². The lowest BCUT2D eigenvalue weighted by molar-refractivity contribution is 0.581. The van der Waals surface area contributed by atoms with Crippen LogP contribution in [0.3, 0.4) is 0 Å². The predicted molar refractivity (Wildman–Crippen MR) is 93.4 cm³/mol. The first-order valence-corrected chi connectivity index (χ1v) is 9.14. The number of aromatic nitrogens is 1. The van der Waals surface area contributed by atoms with Gasteiger partial charge < -0.3 is 4.98 Å². The third-order valence-electron chi connectivity index (χ3n) is 3.80. The second kappa shape index (κ2) is 6.35. The Morgan fingerprint density at radius 3 is 2.74 bits per heavy atom. The summed E-state index contributed by atoms with van der Waals surface area (Å²) in [5, 5.41) is 1.73. The summed E-state index contributed by atoms with van der Waals surface area (Å²) in [6.45, 7) is 2.13. The molecule has 2 aromatic carbocycles. The van der Waals surface area contributed by atoms with E-state index in [2.05, 4.69) is 9.71 Å². The molecule has 1 heterocycles. The molecule has 0 bridgehead atoms.